The maximum absolute atomic E-state index is 13.5. The van der Waals surface area contributed by atoms with E-state index in [0.29, 0.717) is 13.1 Å². The molecule has 1 fully saturated rings. The van der Waals surface area contributed by atoms with Crippen molar-refractivity contribution >= 4 is 5.91 Å². The molecule has 4 heteroatoms. The fraction of sp³-hybridized carbons (Fsp3) is 0.320. The second kappa shape index (κ2) is 7.88. The average Bonchev–Trinajstić information content (AvgIpc) is 3.05. The molecule has 2 heterocycles. The highest BCUT2D eigenvalue weighted by atomic mass is 16.5. The van der Waals surface area contributed by atoms with Crippen molar-refractivity contribution in [1.82, 2.24) is 9.47 Å². The van der Waals surface area contributed by atoms with Gasteiger partial charge in [0.2, 0.25) is 0 Å². The van der Waals surface area contributed by atoms with Gasteiger partial charge in [-0.15, -0.1) is 0 Å². The van der Waals surface area contributed by atoms with Gasteiger partial charge in [-0.2, -0.15) is 0 Å². The van der Waals surface area contributed by atoms with Gasteiger partial charge in [0, 0.05) is 24.5 Å². The first kappa shape index (κ1) is 19.5. The second-order valence-corrected chi connectivity index (χ2v) is 8.03. The monoisotopic (exact) mass is 388 g/mol. The summed E-state index contributed by atoms with van der Waals surface area (Å²) in [6, 6.07) is 20.7. The Hall–Kier alpha value is -2.85. The molecule has 2 atom stereocenters. The van der Waals surface area contributed by atoms with E-state index in [1.165, 1.54) is 5.56 Å². The van der Waals surface area contributed by atoms with Crippen LogP contribution in [0.1, 0.15) is 35.5 Å². The predicted octanol–water partition coefficient (Wildman–Crippen LogP) is 5.01. The highest BCUT2D eigenvalue weighted by molar-refractivity contribution is 5.97. The van der Waals surface area contributed by atoms with Crippen LogP contribution in [0.3, 0.4) is 0 Å². The van der Waals surface area contributed by atoms with Gasteiger partial charge in [0.05, 0.1) is 23.5 Å². The van der Waals surface area contributed by atoms with Crippen LogP contribution in [0, 0.1) is 13.8 Å². The van der Waals surface area contributed by atoms with Crippen molar-refractivity contribution in [3.8, 4) is 16.9 Å². The van der Waals surface area contributed by atoms with E-state index in [-0.39, 0.29) is 18.1 Å². The number of carbonyl (C=O) groups excluding carboxylic acids is 1. The van der Waals surface area contributed by atoms with Crippen LogP contribution in [0.25, 0.3) is 16.9 Å². The lowest BCUT2D eigenvalue weighted by Crippen LogP contribution is -2.48. The van der Waals surface area contributed by atoms with E-state index >= 15 is 0 Å². The van der Waals surface area contributed by atoms with E-state index in [4.69, 9.17) is 4.74 Å². The van der Waals surface area contributed by atoms with Crippen LogP contribution in [-0.4, -0.2) is 40.7 Å². The quantitative estimate of drug-likeness (QED) is 0.632. The normalized spacial score (nSPS) is 19.4. The molecule has 0 radical (unpaired) electrons. The van der Waals surface area contributed by atoms with Crippen molar-refractivity contribution in [2.24, 2.45) is 0 Å². The van der Waals surface area contributed by atoms with E-state index in [1.807, 2.05) is 49.9 Å². The molecule has 1 aromatic heterocycles. The molecule has 1 aliphatic heterocycles. The number of ether oxygens (including phenoxy) is 1. The van der Waals surface area contributed by atoms with Crippen molar-refractivity contribution in [3.63, 3.8) is 0 Å². The number of aromatic nitrogens is 1. The lowest BCUT2D eigenvalue weighted by Gasteiger charge is -2.35. The van der Waals surface area contributed by atoms with Crippen LogP contribution < -0.4 is 0 Å². The largest absolute Gasteiger partial charge is 0.372 e. The Morgan fingerprint density at radius 1 is 0.931 bits per heavy atom. The predicted molar refractivity (Wildman–Crippen MR) is 117 cm³/mol. The molecule has 0 saturated carbocycles. The smallest absolute Gasteiger partial charge is 0.255 e. The third kappa shape index (κ3) is 3.85. The summed E-state index contributed by atoms with van der Waals surface area (Å²) >= 11 is 0. The van der Waals surface area contributed by atoms with Gasteiger partial charge in [-0.05, 0) is 51.5 Å². The van der Waals surface area contributed by atoms with Gasteiger partial charge in [0.15, 0.2) is 0 Å². The van der Waals surface area contributed by atoms with Crippen LogP contribution in [0.2, 0.25) is 0 Å². The number of carbonyl (C=O) groups is 1. The number of hydrogen-bond donors (Lipinski definition) is 0. The minimum atomic E-state index is 0.0517. The van der Waals surface area contributed by atoms with E-state index in [0.717, 1.165) is 28.2 Å². The maximum Gasteiger partial charge on any atom is 0.255 e. The van der Waals surface area contributed by atoms with Gasteiger partial charge < -0.3 is 14.2 Å². The minimum absolute atomic E-state index is 0.0517. The van der Waals surface area contributed by atoms with Crippen molar-refractivity contribution in [2.45, 2.75) is 39.9 Å². The molecule has 2 aromatic carbocycles. The summed E-state index contributed by atoms with van der Waals surface area (Å²) in [5.41, 5.74) is 6.13. The number of aryl methyl sites for hydroxylation is 1. The van der Waals surface area contributed by atoms with Crippen molar-refractivity contribution in [3.05, 3.63) is 77.5 Å². The van der Waals surface area contributed by atoms with Crippen LogP contribution in [-0.2, 0) is 4.74 Å². The zero-order valence-electron chi connectivity index (χ0n) is 17.6. The van der Waals surface area contributed by atoms with Gasteiger partial charge in [-0.25, -0.2) is 0 Å². The van der Waals surface area contributed by atoms with E-state index in [2.05, 4.69) is 47.9 Å². The number of rotatable bonds is 3. The molecule has 3 aromatic rings. The molecule has 4 nitrogen and oxygen atoms in total. The Kier molecular flexibility index (Phi) is 5.29. The van der Waals surface area contributed by atoms with Gasteiger partial charge in [0.25, 0.3) is 5.91 Å². The Bertz CT molecular complexity index is 995. The molecule has 1 aliphatic rings. The second-order valence-electron chi connectivity index (χ2n) is 8.03. The number of nitrogens with zero attached hydrogens (tertiary/aromatic N) is 2. The molecular formula is C25H28N2O2. The summed E-state index contributed by atoms with van der Waals surface area (Å²) in [5.74, 6) is 0.0764. The number of amides is 1. The highest BCUT2D eigenvalue weighted by Crippen LogP contribution is 2.31. The van der Waals surface area contributed by atoms with Gasteiger partial charge >= 0.3 is 0 Å². The molecule has 4 rings (SSSR count). The maximum atomic E-state index is 13.5. The fourth-order valence-corrected chi connectivity index (χ4v) is 4.19. The number of benzene rings is 2. The zero-order valence-corrected chi connectivity index (χ0v) is 17.6. The average molecular weight is 389 g/mol. The van der Waals surface area contributed by atoms with Gasteiger partial charge in [0.1, 0.15) is 0 Å². The molecule has 0 spiro atoms. The summed E-state index contributed by atoms with van der Waals surface area (Å²) < 4.78 is 8.00. The Morgan fingerprint density at radius 3 is 2.17 bits per heavy atom. The van der Waals surface area contributed by atoms with Crippen molar-refractivity contribution in [1.29, 1.82) is 0 Å². The van der Waals surface area contributed by atoms with Crippen molar-refractivity contribution < 1.29 is 9.53 Å². The molecule has 0 aliphatic carbocycles. The topological polar surface area (TPSA) is 34.5 Å². The summed E-state index contributed by atoms with van der Waals surface area (Å²) in [5, 5.41) is 0. The zero-order chi connectivity index (χ0) is 20.5. The molecule has 150 valence electrons. The summed E-state index contributed by atoms with van der Waals surface area (Å²) in [7, 11) is 0. The summed E-state index contributed by atoms with van der Waals surface area (Å²) in [6.45, 7) is 9.41. The highest BCUT2D eigenvalue weighted by Gasteiger charge is 2.29. The summed E-state index contributed by atoms with van der Waals surface area (Å²) in [6.07, 6.45) is 0.103. The Balaban J connectivity index is 1.81. The first-order valence-electron chi connectivity index (χ1n) is 10.2. The standard InChI is InChI=1S/C25H28N2O2/c1-17-10-12-22(13-11-17)27-20(4)23(14-24(27)21-8-6-5-7-9-21)25(28)26-15-18(2)29-19(3)16-26/h5-14,18-19H,15-16H2,1-4H3. The first-order valence-corrected chi connectivity index (χ1v) is 10.2. The van der Waals surface area contributed by atoms with Gasteiger partial charge in [-0.1, -0.05) is 48.0 Å². The molecule has 29 heavy (non-hydrogen) atoms. The molecule has 1 saturated heterocycles. The summed E-state index contributed by atoms with van der Waals surface area (Å²) in [4.78, 5) is 15.4. The molecule has 2 unspecified atom stereocenters. The first-order chi connectivity index (χ1) is 13.9. The molecular weight excluding hydrogens is 360 g/mol. The van der Waals surface area contributed by atoms with Crippen LogP contribution in [0.5, 0.6) is 0 Å². The third-order valence-corrected chi connectivity index (χ3v) is 5.55. The third-order valence-electron chi connectivity index (χ3n) is 5.55. The lowest BCUT2D eigenvalue weighted by molar-refractivity contribution is -0.0586. The Labute approximate surface area is 172 Å². The van der Waals surface area contributed by atoms with E-state index < -0.39 is 0 Å². The van der Waals surface area contributed by atoms with E-state index in [1.54, 1.807) is 0 Å². The number of hydrogen-bond acceptors (Lipinski definition) is 2. The Morgan fingerprint density at radius 2 is 1.55 bits per heavy atom. The van der Waals surface area contributed by atoms with Crippen LogP contribution >= 0.6 is 0 Å². The van der Waals surface area contributed by atoms with Crippen molar-refractivity contribution in [2.75, 3.05) is 13.1 Å². The minimum Gasteiger partial charge on any atom is -0.372 e. The molecule has 1 amide bonds. The van der Waals surface area contributed by atoms with E-state index in [9.17, 15) is 4.79 Å². The fourth-order valence-electron chi connectivity index (χ4n) is 4.19. The SMILES string of the molecule is Cc1ccc(-n2c(-c3ccccc3)cc(C(=O)N3CC(C)OC(C)C3)c2C)cc1. The van der Waals surface area contributed by atoms with Gasteiger partial charge in [-0.3, -0.25) is 4.79 Å². The number of morpholine rings is 1. The van der Waals surface area contributed by atoms with Crippen LogP contribution in [0.4, 0.5) is 0 Å². The molecule has 0 N–H and O–H groups in total. The lowest BCUT2D eigenvalue weighted by atomic mass is 10.1. The van der Waals surface area contributed by atoms with Crippen LogP contribution in [0.15, 0.2) is 60.7 Å². The molecule has 0 bridgehead atoms.